The maximum atomic E-state index is 5.82. The SMILES string of the molecule is COc1cc(CC(C)N)ccc1OCCC1CCCO1. The zero-order chi connectivity index (χ0) is 14.4. The summed E-state index contributed by atoms with van der Waals surface area (Å²) < 4.78 is 16.8. The highest BCUT2D eigenvalue weighted by Gasteiger charge is 2.15. The van der Waals surface area contributed by atoms with Crippen molar-refractivity contribution < 1.29 is 14.2 Å². The maximum absolute atomic E-state index is 5.82. The van der Waals surface area contributed by atoms with Gasteiger partial charge in [-0.15, -0.1) is 0 Å². The lowest BCUT2D eigenvalue weighted by molar-refractivity contribution is 0.0899. The monoisotopic (exact) mass is 279 g/mol. The molecule has 1 aliphatic heterocycles. The van der Waals surface area contributed by atoms with E-state index in [4.69, 9.17) is 19.9 Å². The maximum Gasteiger partial charge on any atom is 0.161 e. The smallest absolute Gasteiger partial charge is 0.161 e. The Morgan fingerprint density at radius 3 is 2.90 bits per heavy atom. The van der Waals surface area contributed by atoms with Crippen LogP contribution in [-0.2, 0) is 11.2 Å². The van der Waals surface area contributed by atoms with Crippen LogP contribution in [0.25, 0.3) is 0 Å². The summed E-state index contributed by atoms with van der Waals surface area (Å²) in [5.41, 5.74) is 6.99. The van der Waals surface area contributed by atoms with E-state index in [0.717, 1.165) is 37.4 Å². The number of hydrogen-bond acceptors (Lipinski definition) is 4. The van der Waals surface area contributed by atoms with Crippen molar-refractivity contribution in [2.24, 2.45) is 5.73 Å². The van der Waals surface area contributed by atoms with Gasteiger partial charge in [-0.1, -0.05) is 6.07 Å². The Morgan fingerprint density at radius 2 is 2.25 bits per heavy atom. The summed E-state index contributed by atoms with van der Waals surface area (Å²) >= 11 is 0. The predicted octanol–water partition coefficient (Wildman–Crippen LogP) is 2.53. The van der Waals surface area contributed by atoms with Crippen LogP contribution in [0.4, 0.5) is 0 Å². The van der Waals surface area contributed by atoms with Gasteiger partial charge in [0.25, 0.3) is 0 Å². The molecule has 0 amide bonds. The fraction of sp³-hybridized carbons (Fsp3) is 0.625. The number of benzene rings is 1. The molecule has 1 fully saturated rings. The molecule has 1 aromatic carbocycles. The lowest BCUT2D eigenvalue weighted by Gasteiger charge is -2.14. The summed E-state index contributed by atoms with van der Waals surface area (Å²) in [7, 11) is 1.66. The molecule has 0 saturated carbocycles. The van der Waals surface area contributed by atoms with Gasteiger partial charge in [-0.05, 0) is 43.9 Å². The van der Waals surface area contributed by atoms with E-state index < -0.39 is 0 Å². The molecule has 2 rings (SSSR count). The summed E-state index contributed by atoms with van der Waals surface area (Å²) in [5, 5.41) is 0. The van der Waals surface area contributed by atoms with Gasteiger partial charge in [0.1, 0.15) is 0 Å². The number of rotatable bonds is 7. The van der Waals surface area contributed by atoms with Crippen molar-refractivity contribution in [3.05, 3.63) is 23.8 Å². The van der Waals surface area contributed by atoms with Gasteiger partial charge in [0.15, 0.2) is 11.5 Å². The van der Waals surface area contributed by atoms with Crippen molar-refractivity contribution in [1.82, 2.24) is 0 Å². The van der Waals surface area contributed by atoms with Gasteiger partial charge < -0.3 is 19.9 Å². The molecule has 1 aromatic rings. The standard InChI is InChI=1S/C16H25NO3/c1-12(17)10-13-5-6-15(16(11-13)18-2)20-9-7-14-4-3-8-19-14/h5-6,11-12,14H,3-4,7-10,17H2,1-2H3. The molecule has 2 atom stereocenters. The summed E-state index contributed by atoms with van der Waals surface area (Å²) in [6.45, 7) is 3.55. The second kappa shape index (κ2) is 7.50. The van der Waals surface area contributed by atoms with Crippen molar-refractivity contribution in [2.45, 2.75) is 44.8 Å². The van der Waals surface area contributed by atoms with Gasteiger partial charge >= 0.3 is 0 Å². The second-order valence-electron chi connectivity index (χ2n) is 5.44. The van der Waals surface area contributed by atoms with Crippen LogP contribution < -0.4 is 15.2 Å². The van der Waals surface area contributed by atoms with E-state index in [2.05, 4.69) is 0 Å². The van der Waals surface area contributed by atoms with Gasteiger partial charge in [-0.3, -0.25) is 0 Å². The Kier molecular flexibility index (Phi) is 5.68. The van der Waals surface area contributed by atoms with Gasteiger partial charge in [-0.2, -0.15) is 0 Å². The zero-order valence-corrected chi connectivity index (χ0v) is 12.4. The first-order valence-electron chi connectivity index (χ1n) is 7.36. The van der Waals surface area contributed by atoms with E-state index in [1.807, 2.05) is 25.1 Å². The van der Waals surface area contributed by atoms with Crippen molar-refractivity contribution in [3.63, 3.8) is 0 Å². The minimum absolute atomic E-state index is 0.144. The molecule has 0 radical (unpaired) electrons. The van der Waals surface area contributed by atoms with Crippen LogP contribution in [0.3, 0.4) is 0 Å². The average Bonchev–Trinajstić information content (AvgIpc) is 2.92. The van der Waals surface area contributed by atoms with Crippen LogP contribution in [0.2, 0.25) is 0 Å². The number of hydrogen-bond donors (Lipinski definition) is 1. The third-order valence-electron chi connectivity index (χ3n) is 3.51. The minimum atomic E-state index is 0.144. The van der Waals surface area contributed by atoms with Gasteiger partial charge in [0, 0.05) is 19.1 Å². The molecule has 1 saturated heterocycles. The summed E-state index contributed by atoms with van der Waals surface area (Å²) in [6, 6.07) is 6.16. The first-order valence-corrected chi connectivity index (χ1v) is 7.36. The molecule has 20 heavy (non-hydrogen) atoms. The molecule has 2 unspecified atom stereocenters. The molecule has 2 N–H and O–H groups in total. The van der Waals surface area contributed by atoms with Crippen molar-refractivity contribution in [2.75, 3.05) is 20.3 Å². The third kappa shape index (κ3) is 4.39. The lowest BCUT2D eigenvalue weighted by Crippen LogP contribution is -2.17. The largest absolute Gasteiger partial charge is 0.493 e. The lowest BCUT2D eigenvalue weighted by atomic mass is 10.1. The van der Waals surface area contributed by atoms with Crippen LogP contribution in [0.1, 0.15) is 31.7 Å². The number of ether oxygens (including phenoxy) is 3. The molecule has 1 aliphatic rings. The highest BCUT2D eigenvalue weighted by Crippen LogP contribution is 2.29. The van der Waals surface area contributed by atoms with E-state index in [9.17, 15) is 0 Å². The molecule has 1 heterocycles. The Labute approximate surface area is 121 Å². The highest BCUT2D eigenvalue weighted by atomic mass is 16.5. The fourth-order valence-electron chi connectivity index (χ4n) is 2.50. The van der Waals surface area contributed by atoms with Gasteiger partial charge in [-0.25, -0.2) is 0 Å². The zero-order valence-electron chi connectivity index (χ0n) is 12.4. The van der Waals surface area contributed by atoms with E-state index in [0.29, 0.717) is 12.7 Å². The normalized spacial score (nSPS) is 19.9. The first kappa shape index (κ1) is 15.1. The van der Waals surface area contributed by atoms with Crippen molar-refractivity contribution >= 4 is 0 Å². The Morgan fingerprint density at radius 1 is 1.40 bits per heavy atom. The quantitative estimate of drug-likeness (QED) is 0.833. The number of methoxy groups -OCH3 is 1. The van der Waals surface area contributed by atoms with Crippen molar-refractivity contribution in [1.29, 1.82) is 0 Å². The van der Waals surface area contributed by atoms with Gasteiger partial charge in [0.05, 0.1) is 19.8 Å². The van der Waals surface area contributed by atoms with Crippen LogP contribution in [0.5, 0.6) is 11.5 Å². The summed E-state index contributed by atoms with van der Waals surface area (Å²) in [6.07, 6.45) is 4.45. The summed E-state index contributed by atoms with van der Waals surface area (Å²) in [4.78, 5) is 0. The molecular weight excluding hydrogens is 254 g/mol. The van der Waals surface area contributed by atoms with Crippen LogP contribution in [0.15, 0.2) is 18.2 Å². The third-order valence-corrected chi connectivity index (χ3v) is 3.51. The Balaban J connectivity index is 1.89. The minimum Gasteiger partial charge on any atom is -0.493 e. The molecule has 0 spiro atoms. The fourth-order valence-corrected chi connectivity index (χ4v) is 2.50. The summed E-state index contributed by atoms with van der Waals surface area (Å²) in [5.74, 6) is 1.56. The molecular formula is C16H25NO3. The Hall–Kier alpha value is -1.26. The Bertz CT molecular complexity index is 414. The van der Waals surface area contributed by atoms with Crippen LogP contribution in [0, 0.1) is 0 Å². The van der Waals surface area contributed by atoms with Crippen LogP contribution in [-0.4, -0.2) is 32.5 Å². The topological polar surface area (TPSA) is 53.7 Å². The van der Waals surface area contributed by atoms with E-state index in [1.165, 1.54) is 12.0 Å². The van der Waals surface area contributed by atoms with E-state index >= 15 is 0 Å². The molecule has 112 valence electrons. The number of nitrogens with two attached hydrogens (primary N) is 1. The highest BCUT2D eigenvalue weighted by molar-refractivity contribution is 5.43. The second-order valence-corrected chi connectivity index (χ2v) is 5.44. The van der Waals surface area contributed by atoms with Gasteiger partial charge in [0.2, 0.25) is 0 Å². The molecule has 4 nitrogen and oxygen atoms in total. The first-order chi connectivity index (χ1) is 9.69. The van der Waals surface area contributed by atoms with Crippen LogP contribution >= 0.6 is 0 Å². The molecule has 4 heteroatoms. The molecule has 0 bridgehead atoms. The predicted molar refractivity (Wildman–Crippen MR) is 79.4 cm³/mol. The van der Waals surface area contributed by atoms with E-state index in [1.54, 1.807) is 7.11 Å². The average molecular weight is 279 g/mol. The van der Waals surface area contributed by atoms with E-state index in [-0.39, 0.29) is 6.04 Å². The molecule has 0 aliphatic carbocycles. The van der Waals surface area contributed by atoms with Crippen molar-refractivity contribution in [3.8, 4) is 11.5 Å². The molecule has 0 aromatic heterocycles.